The fourth-order valence-corrected chi connectivity index (χ4v) is 4.89. The number of ketones is 1. The van der Waals surface area contributed by atoms with Crippen molar-refractivity contribution in [3.8, 4) is 0 Å². The fourth-order valence-electron chi connectivity index (χ4n) is 4.89. The topological polar surface area (TPSA) is 53.6 Å². The minimum atomic E-state index is -0.233. The van der Waals surface area contributed by atoms with E-state index in [0.717, 1.165) is 47.1 Å². The predicted molar refractivity (Wildman–Crippen MR) is 146 cm³/mol. The van der Waals surface area contributed by atoms with Crippen LogP contribution in [0.1, 0.15) is 82.6 Å². The zero-order valence-electron chi connectivity index (χ0n) is 22.6. The van der Waals surface area contributed by atoms with E-state index >= 15 is 0 Å². The van der Waals surface area contributed by atoms with E-state index < -0.39 is 0 Å². The van der Waals surface area contributed by atoms with E-state index in [-0.39, 0.29) is 23.0 Å². The number of anilines is 3. The van der Waals surface area contributed by atoms with Crippen molar-refractivity contribution in [2.75, 3.05) is 30.8 Å². The molecule has 1 fully saturated rings. The maximum absolute atomic E-state index is 13.3. The van der Waals surface area contributed by atoms with Crippen molar-refractivity contribution in [2.45, 2.75) is 83.9 Å². The van der Waals surface area contributed by atoms with Gasteiger partial charge < -0.3 is 15.4 Å². The lowest BCUT2D eigenvalue weighted by molar-refractivity contribution is -0.0196. The smallest absolute Gasteiger partial charge is 0.180 e. The molecule has 2 aromatic rings. The van der Waals surface area contributed by atoms with Gasteiger partial charge in [0.15, 0.2) is 5.78 Å². The molecule has 5 nitrogen and oxygen atoms in total. The van der Waals surface area contributed by atoms with Crippen LogP contribution in [-0.2, 0) is 4.74 Å². The number of Topliss-reactive ketones (excluding diaryl/α,β-unsaturated/α-hetero) is 1. The number of carbonyl (C=O) groups is 1. The van der Waals surface area contributed by atoms with Crippen LogP contribution in [0.4, 0.5) is 17.1 Å². The van der Waals surface area contributed by atoms with Crippen LogP contribution in [0.2, 0.25) is 0 Å². The number of benzene rings is 2. The molecule has 0 saturated heterocycles. The summed E-state index contributed by atoms with van der Waals surface area (Å²) in [4.78, 5) is 15.6. The molecule has 0 amide bonds. The van der Waals surface area contributed by atoms with E-state index in [4.69, 9.17) is 4.74 Å². The molecule has 35 heavy (non-hydrogen) atoms. The third-order valence-corrected chi connectivity index (χ3v) is 7.05. The van der Waals surface area contributed by atoms with E-state index in [2.05, 4.69) is 82.3 Å². The molecule has 4 rings (SSSR count). The van der Waals surface area contributed by atoms with Crippen LogP contribution < -0.4 is 10.6 Å². The van der Waals surface area contributed by atoms with Gasteiger partial charge in [0.05, 0.1) is 35.2 Å². The second-order valence-electron chi connectivity index (χ2n) is 12.3. The highest BCUT2D eigenvalue weighted by atomic mass is 16.5. The summed E-state index contributed by atoms with van der Waals surface area (Å²) in [5.41, 5.74) is 4.66. The van der Waals surface area contributed by atoms with Gasteiger partial charge in [-0.1, -0.05) is 19.1 Å². The first-order valence-electron chi connectivity index (χ1n) is 13.1. The summed E-state index contributed by atoms with van der Waals surface area (Å²) in [5, 5.41) is 7.25. The first-order valence-corrected chi connectivity index (χ1v) is 13.1. The van der Waals surface area contributed by atoms with E-state index in [0.29, 0.717) is 12.5 Å². The Morgan fingerprint density at radius 2 is 1.71 bits per heavy atom. The van der Waals surface area contributed by atoms with Gasteiger partial charge in [0.25, 0.3) is 0 Å². The van der Waals surface area contributed by atoms with Crippen molar-refractivity contribution < 1.29 is 9.53 Å². The first-order chi connectivity index (χ1) is 16.4. The number of nitrogens with one attached hydrogen (secondary N) is 2. The Morgan fingerprint density at radius 3 is 2.37 bits per heavy atom. The van der Waals surface area contributed by atoms with Gasteiger partial charge >= 0.3 is 0 Å². The molecule has 0 aromatic heterocycles. The maximum atomic E-state index is 13.3. The summed E-state index contributed by atoms with van der Waals surface area (Å²) in [7, 11) is 2.12. The summed E-state index contributed by atoms with van der Waals surface area (Å²) < 4.78 is 6.04. The number of hydrogen-bond donors (Lipinski definition) is 2. The van der Waals surface area contributed by atoms with Crippen molar-refractivity contribution in [1.82, 2.24) is 4.90 Å². The molecule has 0 radical (unpaired) electrons. The quantitative estimate of drug-likeness (QED) is 0.414. The lowest BCUT2D eigenvalue weighted by Gasteiger charge is -2.34. The lowest BCUT2D eigenvalue weighted by Crippen LogP contribution is -2.43. The van der Waals surface area contributed by atoms with Crippen molar-refractivity contribution >= 4 is 22.8 Å². The molecule has 1 saturated carbocycles. The average Bonchev–Trinajstić information content (AvgIpc) is 3.59. The van der Waals surface area contributed by atoms with Gasteiger partial charge in [0.2, 0.25) is 0 Å². The van der Waals surface area contributed by atoms with Gasteiger partial charge in [-0.3, -0.25) is 9.69 Å². The van der Waals surface area contributed by atoms with E-state index in [1.165, 1.54) is 12.8 Å². The molecule has 2 unspecified atom stereocenters. The Labute approximate surface area is 211 Å². The van der Waals surface area contributed by atoms with E-state index in [9.17, 15) is 4.79 Å². The number of para-hydroxylation sites is 2. The van der Waals surface area contributed by atoms with Crippen LogP contribution in [0.5, 0.6) is 0 Å². The van der Waals surface area contributed by atoms with Gasteiger partial charge in [-0.2, -0.15) is 0 Å². The molecule has 2 aliphatic rings. The predicted octanol–water partition coefficient (Wildman–Crippen LogP) is 6.84. The monoisotopic (exact) mass is 477 g/mol. The normalized spacial score (nSPS) is 20.6. The minimum Gasteiger partial charge on any atom is -0.376 e. The van der Waals surface area contributed by atoms with E-state index in [1.807, 2.05) is 24.3 Å². The van der Waals surface area contributed by atoms with Crippen LogP contribution in [0, 0.1) is 5.92 Å². The zero-order valence-corrected chi connectivity index (χ0v) is 22.6. The van der Waals surface area contributed by atoms with E-state index in [1.54, 1.807) is 0 Å². The van der Waals surface area contributed by atoms with Crippen LogP contribution in [-0.4, -0.2) is 48.1 Å². The first kappa shape index (κ1) is 25.7. The second kappa shape index (κ2) is 9.94. The molecule has 2 N–H and O–H groups in total. The van der Waals surface area contributed by atoms with Gasteiger partial charge in [-0.25, -0.2) is 0 Å². The molecule has 5 heteroatoms. The molecule has 190 valence electrons. The van der Waals surface area contributed by atoms with Crippen molar-refractivity contribution in [1.29, 1.82) is 0 Å². The van der Waals surface area contributed by atoms with Crippen molar-refractivity contribution in [3.63, 3.8) is 0 Å². The number of nitrogens with zero attached hydrogens (tertiary/aromatic N) is 1. The highest BCUT2D eigenvalue weighted by Crippen LogP contribution is 2.38. The van der Waals surface area contributed by atoms with Crippen LogP contribution in [0.25, 0.3) is 0 Å². The fraction of sp³-hybridized carbons (Fsp3) is 0.567. The van der Waals surface area contributed by atoms with Crippen LogP contribution in [0.15, 0.2) is 42.5 Å². The van der Waals surface area contributed by atoms with Crippen molar-refractivity contribution in [3.05, 3.63) is 53.6 Å². The number of hydrogen-bond acceptors (Lipinski definition) is 5. The lowest BCUT2D eigenvalue weighted by atomic mass is 9.79. The van der Waals surface area contributed by atoms with Gasteiger partial charge in [-0.15, -0.1) is 0 Å². The Bertz CT molecular complexity index is 1050. The molecule has 0 aliphatic heterocycles. The van der Waals surface area contributed by atoms with Gasteiger partial charge in [0.1, 0.15) is 0 Å². The summed E-state index contributed by atoms with van der Waals surface area (Å²) in [6.07, 6.45) is 3.51. The standard InChI is InChI=1S/C30H43N3O2/c1-20-16-27(33(7)18-21-12-13-21)28(34)23-15-14-22(17-24(20)23)31-25-10-8-9-11-26(25)32-30(5,6)19-35-29(2,3)4/h8-11,14-15,17,20-21,27,31-32H,12-13,16,18-19H2,1-7H3. The summed E-state index contributed by atoms with van der Waals surface area (Å²) >= 11 is 0. The Kier molecular flexibility index (Phi) is 7.31. The third-order valence-electron chi connectivity index (χ3n) is 7.05. The SMILES string of the molecule is CC1CC(N(C)CC2CC2)C(=O)c2ccc(Nc3ccccc3NC(C)(C)COC(C)(C)C)cc21. The Hall–Kier alpha value is -2.37. The molecular weight excluding hydrogens is 434 g/mol. The largest absolute Gasteiger partial charge is 0.376 e. The molecular formula is C30H43N3O2. The molecule has 0 heterocycles. The number of fused-ring (bicyclic) bond motifs is 1. The molecule has 2 atom stereocenters. The van der Waals surface area contributed by atoms with Gasteiger partial charge in [0, 0.05) is 17.8 Å². The van der Waals surface area contributed by atoms with Gasteiger partial charge in [-0.05, 0) is 109 Å². The van der Waals surface area contributed by atoms with Crippen LogP contribution >= 0.6 is 0 Å². The summed E-state index contributed by atoms with van der Waals surface area (Å²) in [6, 6.07) is 14.5. The number of likely N-dealkylation sites (N-methyl/N-ethyl adjacent to an activating group) is 1. The molecule has 0 bridgehead atoms. The maximum Gasteiger partial charge on any atom is 0.180 e. The summed E-state index contributed by atoms with van der Waals surface area (Å²) in [6.45, 7) is 14.4. The Morgan fingerprint density at radius 1 is 1.03 bits per heavy atom. The minimum absolute atomic E-state index is 0.000571. The zero-order chi connectivity index (χ0) is 25.4. The number of rotatable bonds is 9. The second-order valence-corrected chi connectivity index (χ2v) is 12.3. The summed E-state index contributed by atoms with van der Waals surface area (Å²) in [5.74, 6) is 1.41. The Balaban J connectivity index is 1.49. The highest BCUT2D eigenvalue weighted by Gasteiger charge is 2.36. The highest BCUT2D eigenvalue weighted by molar-refractivity contribution is 6.03. The molecule has 0 spiro atoms. The van der Waals surface area contributed by atoms with Crippen molar-refractivity contribution in [2.24, 2.45) is 5.92 Å². The average molecular weight is 478 g/mol. The number of carbonyl (C=O) groups excluding carboxylic acids is 1. The molecule has 2 aromatic carbocycles. The number of ether oxygens (including phenoxy) is 1. The third kappa shape index (κ3) is 6.65. The molecule has 2 aliphatic carbocycles. The van der Waals surface area contributed by atoms with Crippen LogP contribution in [0.3, 0.4) is 0 Å².